The zero-order valence-corrected chi connectivity index (χ0v) is 14.4. The molecule has 7 heteroatoms. The highest BCUT2D eigenvalue weighted by molar-refractivity contribution is 5.67. The van der Waals surface area contributed by atoms with Crippen molar-refractivity contribution in [1.29, 1.82) is 0 Å². The van der Waals surface area contributed by atoms with Gasteiger partial charge < -0.3 is 24.6 Å². The van der Waals surface area contributed by atoms with Crippen LogP contribution in [-0.2, 0) is 22.5 Å². The maximum absolute atomic E-state index is 13.7. The number of fused-ring (bicyclic) bond motifs is 1. The summed E-state index contributed by atoms with van der Waals surface area (Å²) in [5.74, 6) is 0.0108. The Morgan fingerprint density at radius 2 is 2.17 bits per heavy atom. The van der Waals surface area contributed by atoms with E-state index in [9.17, 15) is 14.3 Å². The molecule has 1 heterocycles. The molecule has 6 nitrogen and oxygen atoms in total. The number of carbonyl (C=O) groups is 1. The van der Waals surface area contributed by atoms with Gasteiger partial charge in [0, 0.05) is 24.7 Å². The van der Waals surface area contributed by atoms with E-state index in [2.05, 4.69) is 5.32 Å². The molecule has 134 valence electrons. The molecule has 0 saturated carbocycles. The fourth-order valence-electron chi connectivity index (χ4n) is 2.73. The number of alkyl carbamates (subject to hydrolysis) is 1. The third-order valence-electron chi connectivity index (χ3n) is 3.57. The predicted octanol–water partition coefficient (Wildman–Crippen LogP) is 2.16. The highest BCUT2D eigenvalue weighted by Crippen LogP contribution is 2.38. The molecule has 0 spiro atoms. The molecule has 0 aromatic heterocycles. The molecule has 1 aliphatic heterocycles. The molecule has 0 bridgehead atoms. The lowest BCUT2D eigenvalue weighted by Gasteiger charge is -2.29. The first-order chi connectivity index (χ1) is 11.2. The fraction of sp³-hybridized carbons (Fsp3) is 0.588. The van der Waals surface area contributed by atoms with Gasteiger partial charge in [0.1, 0.15) is 17.2 Å². The van der Waals surface area contributed by atoms with Gasteiger partial charge in [-0.3, -0.25) is 0 Å². The summed E-state index contributed by atoms with van der Waals surface area (Å²) in [5.41, 5.74) is -0.459. The first kappa shape index (κ1) is 18.5. The van der Waals surface area contributed by atoms with Gasteiger partial charge in [-0.1, -0.05) is 0 Å². The van der Waals surface area contributed by atoms with Gasteiger partial charge in [-0.2, -0.15) is 0 Å². The van der Waals surface area contributed by atoms with Crippen LogP contribution in [0.3, 0.4) is 0 Å². The van der Waals surface area contributed by atoms with Crippen molar-refractivity contribution in [1.82, 2.24) is 5.32 Å². The van der Waals surface area contributed by atoms with E-state index in [0.717, 1.165) is 0 Å². The molecule has 0 radical (unpaired) electrons. The van der Waals surface area contributed by atoms with Crippen molar-refractivity contribution < 1.29 is 28.5 Å². The Hall–Kier alpha value is -1.86. The first-order valence-electron chi connectivity index (χ1n) is 7.75. The third kappa shape index (κ3) is 4.36. The Morgan fingerprint density at radius 3 is 2.75 bits per heavy atom. The van der Waals surface area contributed by atoms with Crippen molar-refractivity contribution in [3.05, 3.63) is 29.1 Å². The van der Waals surface area contributed by atoms with Gasteiger partial charge >= 0.3 is 6.09 Å². The quantitative estimate of drug-likeness (QED) is 0.858. The van der Waals surface area contributed by atoms with E-state index in [-0.39, 0.29) is 19.8 Å². The van der Waals surface area contributed by atoms with Crippen LogP contribution in [-0.4, -0.2) is 42.7 Å². The molecule has 2 rings (SSSR count). The molecule has 1 unspecified atom stereocenters. The Kier molecular flexibility index (Phi) is 5.35. The zero-order valence-electron chi connectivity index (χ0n) is 14.4. The minimum atomic E-state index is -0.869. The number of halogens is 1. The van der Waals surface area contributed by atoms with Crippen molar-refractivity contribution in [2.75, 3.05) is 20.3 Å². The summed E-state index contributed by atoms with van der Waals surface area (Å²) in [6.07, 6.45) is -0.206. The average molecular weight is 341 g/mol. The van der Waals surface area contributed by atoms with Crippen LogP contribution in [0.5, 0.6) is 5.75 Å². The molecule has 1 amide bonds. The second-order valence-electron chi connectivity index (χ2n) is 6.96. The third-order valence-corrected chi connectivity index (χ3v) is 3.57. The normalized spacial score (nSPS) is 19.6. The lowest BCUT2D eigenvalue weighted by atomic mass is 9.97. The van der Waals surface area contributed by atoms with Crippen LogP contribution in [0, 0.1) is 5.82 Å². The number of aliphatic hydroxyl groups excluding tert-OH is 1. The van der Waals surface area contributed by atoms with Gasteiger partial charge in [0.2, 0.25) is 0 Å². The number of amides is 1. The number of nitrogens with one attached hydrogen (secondary N) is 1. The van der Waals surface area contributed by atoms with Crippen molar-refractivity contribution in [2.24, 2.45) is 0 Å². The Bertz CT molecular complexity index is 614. The Labute approximate surface area is 140 Å². The van der Waals surface area contributed by atoms with Crippen LogP contribution in [0.15, 0.2) is 12.1 Å². The number of methoxy groups -OCH3 is 1. The smallest absolute Gasteiger partial charge is 0.407 e. The number of ether oxygens (including phenoxy) is 3. The maximum atomic E-state index is 13.7. The summed E-state index contributed by atoms with van der Waals surface area (Å²) in [4.78, 5) is 11.9. The van der Waals surface area contributed by atoms with Crippen molar-refractivity contribution in [3.63, 3.8) is 0 Å². The minimum absolute atomic E-state index is 0.136. The van der Waals surface area contributed by atoms with Gasteiger partial charge in [0.15, 0.2) is 5.60 Å². The van der Waals surface area contributed by atoms with Gasteiger partial charge in [0.05, 0.1) is 19.8 Å². The zero-order chi connectivity index (χ0) is 18.0. The van der Waals surface area contributed by atoms with E-state index in [0.29, 0.717) is 23.3 Å². The summed E-state index contributed by atoms with van der Waals surface area (Å²) < 4.78 is 30.1. The highest BCUT2D eigenvalue weighted by atomic mass is 19.1. The molecule has 1 aliphatic rings. The van der Waals surface area contributed by atoms with Crippen molar-refractivity contribution in [2.45, 2.75) is 45.0 Å². The summed E-state index contributed by atoms with van der Waals surface area (Å²) in [5, 5.41) is 12.1. The van der Waals surface area contributed by atoms with Crippen LogP contribution in [0.2, 0.25) is 0 Å². The second-order valence-corrected chi connectivity index (χ2v) is 6.96. The Balaban J connectivity index is 2.14. The number of carbonyl (C=O) groups excluding carboxylic acids is 1. The predicted molar refractivity (Wildman–Crippen MR) is 85.5 cm³/mol. The summed E-state index contributed by atoms with van der Waals surface area (Å²) in [7, 11) is 1.52. The number of aliphatic hydroxyl groups is 1. The average Bonchev–Trinajstić information content (AvgIpc) is 2.81. The number of hydrogen-bond acceptors (Lipinski definition) is 5. The van der Waals surface area contributed by atoms with Crippen molar-refractivity contribution >= 4 is 6.09 Å². The Morgan fingerprint density at radius 1 is 1.46 bits per heavy atom. The van der Waals surface area contributed by atoms with Crippen LogP contribution in [0.1, 0.15) is 31.9 Å². The molecule has 24 heavy (non-hydrogen) atoms. The standard InChI is InChI=1S/C17H24FNO5/c1-16(2,3)24-15(21)19-9-17(10-22-4)7-11-5-13(18)6-12(8-20)14(11)23-17/h5-6,20H,7-10H2,1-4H3,(H,19,21). The van der Waals surface area contributed by atoms with Gasteiger partial charge in [0.25, 0.3) is 0 Å². The number of rotatable bonds is 5. The SMILES string of the molecule is COCC1(CNC(=O)OC(C)(C)C)Cc2cc(F)cc(CO)c2O1. The second kappa shape index (κ2) is 6.94. The fourth-order valence-corrected chi connectivity index (χ4v) is 2.73. The minimum Gasteiger partial charge on any atom is -0.482 e. The molecule has 2 N–H and O–H groups in total. The van der Waals surface area contributed by atoms with Gasteiger partial charge in [-0.05, 0) is 32.9 Å². The highest BCUT2D eigenvalue weighted by Gasteiger charge is 2.41. The van der Waals surface area contributed by atoms with E-state index in [4.69, 9.17) is 14.2 Å². The molecule has 0 aliphatic carbocycles. The molecule has 1 aromatic rings. The van der Waals surface area contributed by atoms with E-state index in [1.54, 1.807) is 20.8 Å². The number of benzene rings is 1. The van der Waals surface area contributed by atoms with Crippen LogP contribution >= 0.6 is 0 Å². The first-order valence-corrected chi connectivity index (χ1v) is 7.75. The molecule has 0 fully saturated rings. The lowest BCUT2D eigenvalue weighted by molar-refractivity contribution is 0.000777. The van der Waals surface area contributed by atoms with E-state index < -0.39 is 23.1 Å². The molecular formula is C17H24FNO5. The summed E-state index contributed by atoms with van der Waals surface area (Å²) in [6, 6.07) is 2.61. The molecular weight excluding hydrogens is 317 g/mol. The van der Waals surface area contributed by atoms with Crippen molar-refractivity contribution in [3.8, 4) is 5.75 Å². The van der Waals surface area contributed by atoms with Gasteiger partial charge in [-0.15, -0.1) is 0 Å². The largest absolute Gasteiger partial charge is 0.482 e. The maximum Gasteiger partial charge on any atom is 0.407 e. The number of hydrogen-bond donors (Lipinski definition) is 2. The molecule has 0 saturated heterocycles. The van der Waals surface area contributed by atoms with Crippen LogP contribution in [0.4, 0.5) is 9.18 Å². The van der Waals surface area contributed by atoms with E-state index >= 15 is 0 Å². The molecule has 1 aromatic carbocycles. The topological polar surface area (TPSA) is 77.0 Å². The van der Waals surface area contributed by atoms with E-state index in [1.165, 1.54) is 19.2 Å². The van der Waals surface area contributed by atoms with E-state index in [1.807, 2.05) is 0 Å². The monoisotopic (exact) mass is 341 g/mol. The van der Waals surface area contributed by atoms with Crippen LogP contribution < -0.4 is 10.1 Å². The summed E-state index contributed by atoms with van der Waals surface area (Å²) >= 11 is 0. The van der Waals surface area contributed by atoms with Crippen LogP contribution in [0.25, 0.3) is 0 Å². The molecule has 1 atom stereocenters. The summed E-state index contributed by atoms with van der Waals surface area (Å²) in [6.45, 7) is 5.32. The lowest BCUT2D eigenvalue weighted by Crippen LogP contribution is -2.50. The van der Waals surface area contributed by atoms with Gasteiger partial charge in [-0.25, -0.2) is 9.18 Å².